The van der Waals surface area contributed by atoms with E-state index in [9.17, 15) is 14.2 Å². The molecule has 2 aliphatic heterocycles. The fourth-order valence-electron chi connectivity index (χ4n) is 4.84. The van der Waals surface area contributed by atoms with Crippen LogP contribution < -0.4 is 11.5 Å². The smallest absolute Gasteiger partial charge is 0.319 e. The molecule has 0 aromatic carbocycles. The van der Waals surface area contributed by atoms with E-state index >= 15 is 4.39 Å². The summed E-state index contributed by atoms with van der Waals surface area (Å²) in [5.74, 6) is 0.236. The van der Waals surface area contributed by atoms with Crippen molar-refractivity contribution in [3.05, 3.63) is 25.3 Å². The van der Waals surface area contributed by atoms with Gasteiger partial charge in [-0.15, -0.1) is 0 Å². The standard InChI is InChI=1S/C20H25FN10O9P2/c21-11-10(3-36-41(33)34)39-20(31-7-29-13-16(23)25-5-27-18(13)31)14(11)40-42(35)37-2-8-1-9(32)19(38-8)30-6-28-12-15(22)24-4-26-17(12)30/h4-11,14,19-20,32,41-42H,1-3H2,(H,33,34)(H2,22,24,26)(H2,23,25,27)/t8-,9+,10+,11-,14+,19+,20+/m0/s1. The van der Waals surface area contributed by atoms with Crippen molar-refractivity contribution in [1.82, 2.24) is 39.0 Å². The first kappa shape index (κ1) is 28.9. The Morgan fingerprint density at radius 3 is 2.17 bits per heavy atom. The average Bonchev–Trinajstić information content (AvgIpc) is 3.73. The summed E-state index contributed by atoms with van der Waals surface area (Å²) in [6, 6.07) is 0. The maximum absolute atomic E-state index is 15.5. The van der Waals surface area contributed by atoms with Gasteiger partial charge in [-0.05, 0) is 0 Å². The lowest BCUT2D eigenvalue weighted by Gasteiger charge is -2.21. The quantitative estimate of drug-likeness (QED) is 0.167. The number of imidazole rings is 2. The number of nitrogen functional groups attached to an aromatic ring is 2. The Kier molecular flexibility index (Phi) is 8.14. The van der Waals surface area contributed by atoms with Gasteiger partial charge in [-0.25, -0.2) is 34.3 Å². The number of aliphatic hydroxyl groups is 1. The molecule has 2 unspecified atom stereocenters. The van der Waals surface area contributed by atoms with Crippen LogP contribution in [-0.2, 0) is 32.2 Å². The summed E-state index contributed by atoms with van der Waals surface area (Å²) < 4.78 is 69.4. The number of aliphatic hydroxyl groups excluding tert-OH is 1. The van der Waals surface area contributed by atoms with Gasteiger partial charge in [0, 0.05) is 6.42 Å². The van der Waals surface area contributed by atoms with Crippen LogP contribution >= 0.6 is 16.5 Å². The first-order valence-electron chi connectivity index (χ1n) is 12.4. The monoisotopic (exact) mass is 630 g/mol. The van der Waals surface area contributed by atoms with Gasteiger partial charge in [-0.3, -0.25) is 22.8 Å². The maximum Gasteiger partial charge on any atom is 0.319 e. The van der Waals surface area contributed by atoms with E-state index in [0.717, 1.165) is 0 Å². The van der Waals surface area contributed by atoms with Crippen molar-refractivity contribution in [2.45, 2.75) is 49.5 Å². The summed E-state index contributed by atoms with van der Waals surface area (Å²) in [5.41, 5.74) is 12.8. The molecule has 42 heavy (non-hydrogen) atoms. The van der Waals surface area contributed by atoms with Crippen molar-refractivity contribution in [1.29, 1.82) is 0 Å². The molecule has 226 valence electrons. The number of fused-ring (bicyclic) bond motifs is 2. The highest BCUT2D eigenvalue weighted by atomic mass is 31.1. The summed E-state index contributed by atoms with van der Waals surface area (Å²) in [4.78, 5) is 33.3. The van der Waals surface area contributed by atoms with Gasteiger partial charge in [-0.2, -0.15) is 0 Å². The first-order valence-corrected chi connectivity index (χ1v) is 14.9. The number of anilines is 2. The molecule has 6 N–H and O–H groups in total. The number of rotatable bonds is 10. The van der Waals surface area contributed by atoms with Crippen LogP contribution in [0.3, 0.4) is 0 Å². The number of halogens is 1. The van der Waals surface area contributed by atoms with Crippen molar-refractivity contribution < 1.29 is 46.6 Å². The van der Waals surface area contributed by atoms with E-state index in [4.69, 9.17) is 34.9 Å². The largest absolute Gasteiger partial charge is 0.388 e. The van der Waals surface area contributed by atoms with E-state index in [1.54, 1.807) is 0 Å². The number of ether oxygens (including phenoxy) is 2. The molecule has 0 amide bonds. The third-order valence-electron chi connectivity index (χ3n) is 6.74. The second-order valence-electron chi connectivity index (χ2n) is 9.35. The maximum atomic E-state index is 15.5. The molecule has 9 atom stereocenters. The minimum absolute atomic E-state index is 0.0679. The number of hydrogen-bond donors (Lipinski definition) is 4. The first-order chi connectivity index (χ1) is 20.2. The Labute approximate surface area is 235 Å². The van der Waals surface area contributed by atoms with Crippen LogP contribution in [0.4, 0.5) is 16.0 Å². The van der Waals surface area contributed by atoms with Crippen LogP contribution in [0.1, 0.15) is 18.9 Å². The highest BCUT2D eigenvalue weighted by Crippen LogP contribution is 2.42. The summed E-state index contributed by atoms with van der Waals surface area (Å²) in [7, 11) is -6.76. The van der Waals surface area contributed by atoms with Crippen molar-refractivity contribution in [2.24, 2.45) is 0 Å². The Hall–Kier alpha value is -3.19. The minimum Gasteiger partial charge on any atom is -0.388 e. The molecular weight excluding hydrogens is 605 g/mol. The molecular formula is C20H25FN10O9P2. The SMILES string of the molecule is Nc1ncnc2c1ncn2[C@@H]1O[C@H](CO[PH](=O)O)[C@H](F)[C@H]1O[PH](=O)OC[C@@H]1C[C@@H](O)[C@H](n2cnc3c(N)ncnc32)O1. The lowest BCUT2D eigenvalue weighted by molar-refractivity contribution is -0.0515. The van der Waals surface area contributed by atoms with Crippen LogP contribution in [0.15, 0.2) is 25.3 Å². The molecule has 0 saturated carbocycles. The van der Waals surface area contributed by atoms with Crippen LogP contribution in [0.25, 0.3) is 22.3 Å². The fourth-order valence-corrected chi connectivity index (χ4v) is 6.00. The molecule has 6 heterocycles. The van der Waals surface area contributed by atoms with E-state index < -0.39 is 66.2 Å². The van der Waals surface area contributed by atoms with Crippen molar-refractivity contribution >= 4 is 50.5 Å². The predicted octanol–water partition coefficient (Wildman–Crippen LogP) is -0.0954. The lowest BCUT2D eigenvalue weighted by Crippen LogP contribution is -2.31. The number of aromatic nitrogens is 8. The van der Waals surface area contributed by atoms with Crippen LogP contribution in [0.2, 0.25) is 0 Å². The van der Waals surface area contributed by atoms with Gasteiger partial charge in [0.25, 0.3) is 0 Å². The average molecular weight is 630 g/mol. The third-order valence-corrected chi connectivity index (χ3v) is 8.02. The summed E-state index contributed by atoms with van der Waals surface area (Å²) >= 11 is 0. The van der Waals surface area contributed by atoms with E-state index in [0.29, 0.717) is 11.2 Å². The second kappa shape index (κ2) is 11.8. The van der Waals surface area contributed by atoms with Gasteiger partial charge in [0.1, 0.15) is 42.0 Å². The predicted molar refractivity (Wildman–Crippen MR) is 140 cm³/mol. The van der Waals surface area contributed by atoms with Crippen molar-refractivity contribution in [2.75, 3.05) is 24.7 Å². The Morgan fingerprint density at radius 2 is 1.55 bits per heavy atom. The molecule has 4 aromatic rings. The van der Waals surface area contributed by atoms with E-state index in [2.05, 4.69) is 34.4 Å². The van der Waals surface area contributed by atoms with E-state index in [1.807, 2.05) is 0 Å². The normalized spacial score (nSPS) is 29.5. The molecule has 19 nitrogen and oxygen atoms in total. The molecule has 0 aliphatic carbocycles. The Bertz CT molecular complexity index is 1640. The molecule has 0 bridgehead atoms. The van der Waals surface area contributed by atoms with Gasteiger partial charge in [0.15, 0.2) is 41.6 Å². The van der Waals surface area contributed by atoms with Crippen molar-refractivity contribution in [3.63, 3.8) is 0 Å². The molecule has 22 heteroatoms. The molecule has 2 fully saturated rings. The van der Waals surface area contributed by atoms with E-state index in [-0.39, 0.29) is 35.8 Å². The van der Waals surface area contributed by atoms with Crippen molar-refractivity contribution in [3.8, 4) is 0 Å². The molecule has 0 radical (unpaired) electrons. The minimum atomic E-state index is -3.38. The number of hydrogen-bond acceptors (Lipinski definition) is 16. The van der Waals surface area contributed by atoms with Gasteiger partial charge in [0.05, 0.1) is 32.0 Å². The number of nitrogens with zero attached hydrogens (tertiary/aromatic N) is 8. The van der Waals surface area contributed by atoms with Crippen LogP contribution in [0.5, 0.6) is 0 Å². The molecule has 0 spiro atoms. The second-order valence-corrected chi connectivity index (χ2v) is 11.2. The van der Waals surface area contributed by atoms with E-state index in [1.165, 1.54) is 34.4 Å². The van der Waals surface area contributed by atoms with Gasteiger partial charge >= 0.3 is 16.5 Å². The number of alkyl halides is 1. The topological polar surface area (TPSA) is 260 Å². The fraction of sp³-hybridized carbons (Fsp3) is 0.500. The number of nitrogens with two attached hydrogens (primary N) is 2. The molecule has 2 aliphatic rings. The summed E-state index contributed by atoms with van der Waals surface area (Å²) in [6.45, 7) is -0.840. The summed E-state index contributed by atoms with van der Waals surface area (Å²) in [6.07, 6.45) is -3.46. The zero-order valence-electron chi connectivity index (χ0n) is 21.3. The van der Waals surface area contributed by atoms with Gasteiger partial charge < -0.3 is 40.0 Å². The lowest BCUT2D eigenvalue weighted by atomic mass is 10.1. The zero-order valence-corrected chi connectivity index (χ0v) is 23.3. The zero-order chi connectivity index (χ0) is 29.5. The third kappa shape index (κ3) is 5.48. The summed E-state index contributed by atoms with van der Waals surface area (Å²) in [5, 5.41) is 10.6. The molecule has 6 rings (SSSR count). The molecule has 2 saturated heterocycles. The van der Waals surface area contributed by atoms with Crippen LogP contribution in [-0.4, -0.2) is 92.8 Å². The van der Waals surface area contributed by atoms with Gasteiger partial charge in [-0.1, -0.05) is 0 Å². The van der Waals surface area contributed by atoms with Crippen LogP contribution in [0, 0.1) is 0 Å². The highest BCUT2D eigenvalue weighted by Gasteiger charge is 2.49. The Balaban J connectivity index is 1.13. The van der Waals surface area contributed by atoms with Gasteiger partial charge in [0.2, 0.25) is 0 Å². The molecule has 4 aromatic heterocycles. The Morgan fingerprint density at radius 1 is 0.929 bits per heavy atom. The highest BCUT2D eigenvalue weighted by molar-refractivity contribution is 7.33.